The summed E-state index contributed by atoms with van der Waals surface area (Å²) in [4.78, 5) is 3.65. The molecule has 0 aliphatic heterocycles. The fourth-order valence-electron chi connectivity index (χ4n) is 3.28. The minimum Gasteiger partial charge on any atom is -0.358 e. The molecule has 3 rings (SSSR count). The minimum absolute atomic E-state index is 0.422. The zero-order valence-electron chi connectivity index (χ0n) is 11.9. The smallest absolute Gasteiger partial charge is 0.0459 e. The number of aromatic nitrogens is 1. The Hall–Kier alpha value is -1.24. The van der Waals surface area contributed by atoms with Crippen molar-refractivity contribution >= 4 is 10.9 Å². The van der Waals surface area contributed by atoms with E-state index in [1.54, 1.807) is 5.56 Å². The Morgan fingerprint density at radius 2 is 2.00 bits per heavy atom. The van der Waals surface area contributed by atoms with Crippen LogP contribution in [0.5, 0.6) is 0 Å². The Balaban J connectivity index is 2.05. The summed E-state index contributed by atoms with van der Waals surface area (Å²) in [5, 5.41) is 1.46. The molecule has 1 nitrogen and oxygen atoms in total. The fraction of sp³-hybridized carbons (Fsp3) is 0.529. The monoisotopic (exact) mass is 241 g/mol. The van der Waals surface area contributed by atoms with E-state index in [0.29, 0.717) is 5.41 Å². The quantitative estimate of drug-likeness (QED) is 0.692. The molecule has 1 aliphatic carbocycles. The van der Waals surface area contributed by atoms with E-state index in [1.165, 1.54) is 41.4 Å². The van der Waals surface area contributed by atoms with Gasteiger partial charge in [0, 0.05) is 16.6 Å². The largest absolute Gasteiger partial charge is 0.358 e. The number of aromatic amines is 1. The van der Waals surface area contributed by atoms with E-state index >= 15 is 0 Å². The zero-order valence-corrected chi connectivity index (χ0v) is 11.9. The molecule has 0 spiro atoms. The maximum Gasteiger partial charge on any atom is 0.0459 e. The van der Waals surface area contributed by atoms with Gasteiger partial charge < -0.3 is 4.98 Å². The van der Waals surface area contributed by atoms with Gasteiger partial charge in [0.1, 0.15) is 0 Å². The molecule has 1 atom stereocenters. The van der Waals surface area contributed by atoms with Crippen LogP contribution in [0.4, 0.5) is 0 Å². The first kappa shape index (κ1) is 11.8. The Labute approximate surface area is 110 Å². The Morgan fingerprint density at radius 1 is 1.22 bits per heavy atom. The maximum absolute atomic E-state index is 3.65. The molecule has 1 aromatic heterocycles. The fourth-order valence-corrected chi connectivity index (χ4v) is 3.28. The average molecular weight is 241 g/mol. The highest BCUT2D eigenvalue weighted by Crippen LogP contribution is 2.39. The van der Waals surface area contributed by atoms with Crippen LogP contribution in [-0.2, 0) is 12.8 Å². The second-order valence-corrected chi connectivity index (χ2v) is 6.94. The van der Waals surface area contributed by atoms with Crippen LogP contribution in [0.1, 0.15) is 44.0 Å². The first-order valence-corrected chi connectivity index (χ1v) is 7.05. The van der Waals surface area contributed by atoms with Crippen molar-refractivity contribution in [1.82, 2.24) is 4.98 Å². The molecule has 0 saturated heterocycles. The van der Waals surface area contributed by atoms with E-state index in [-0.39, 0.29) is 0 Å². The van der Waals surface area contributed by atoms with Crippen LogP contribution in [0.25, 0.3) is 10.9 Å². The lowest BCUT2D eigenvalue weighted by atomic mass is 9.72. The molecule has 1 aliphatic rings. The predicted molar refractivity (Wildman–Crippen MR) is 78.0 cm³/mol. The second kappa shape index (κ2) is 3.88. The molecular weight excluding hydrogens is 218 g/mol. The second-order valence-electron chi connectivity index (χ2n) is 6.94. The van der Waals surface area contributed by atoms with Crippen LogP contribution < -0.4 is 0 Å². The molecule has 1 N–H and O–H groups in total. The van der Waals surface area contributed by atoms with Gasteiger partial charge in [-0.25, -0.2) is 0 Å². The van der Waals surface area contributed by atoms with E-state index < -0.39 is 0 Å². The van der Waals surface area contributed by atoms with Gasteiger partial charge >= 0.3 is 0 Å². The van der Waals surface area contributed by atoms with Crippen LogP contribution in [-0.4, -0.2) is 4.98 Å². The number of H-pyrrole nitrogens is 1. The van der Waals surface area contributed by atoms with Gasteiger partial charge in [0.15, 0.2) is 0 Å². The third-order valence-corrected chi connectivity index (χ3v) is 4.57. The Kier molecular flexibility index (Phi) is 2.55. The molecule has 0 saturated carbocycles. The van der Waals surface area contributed by atoms with Crippen molar-refractivity contribution in [2.75, 3.05) is 0 Å². The van der Waals surface area contributed by atoms with Crippen LogP contribution in [0, 0.1) is 18.3 Å². The number of nitrogens with one attached hydrogen (secondary N) is 1. The Bertz CT molecular complexity index is 583. The van der Waals surface area contributed by atoms with Crippen LogP contribution in [0.3, 0.4) is 0 Å². The van der Waals surface area contributed by atoms with Gasteiger partial charge in [0.05, 0.1) is 0 Å². The molecule has 96 valence electrons. The highest BCUT2D eigenvalue weighted by molar-refractivity contribution is 5.85. The molecule has 0 amide bonds. The van der Waals surface area contributed by atoms with Crippen molar-refractivity contribution in [2.24, 2.45) is 11.3 Å². The molecule has 0 radical (unpaired) electrons. The van der Waals surface area contributed by atoms with Crippen molar-refractivity contribution in [2.45, 2.75) is 47.0 Å². The normalized spacial score (nSPS) is 20.1. The van der Waals surface area contributed by atoms with Crippen molar-refractivity contribution in [3.05, 3.63) is 35.0 Å². The third-order valence-electron chi connectivity index (χ3n) is 4.57. The lowest BCUT2D eigenvalue weighted by Gasteiger charge is -2.33. The summed E-state index contributed by atoms with van der Waals surface area (Å²) in [6.07, 6.45) is 3.78. The molecule has 1 heterocycles. The third kappa shape index (κ3) is 1.86. The van der Waals surface area contributed by atoms with Gasteiger partial charge in [0.2, 0.25) is 0 Å². The van der Waals surface area contributed by atoms with E-state index in [1.807, 2.05) is 0 Å². The molecule has 0 fully saturated rings. The first-order valence-electron chi connectivity index (χ1n) is 7.05. The summed E-state index contributed by atoms with van der Waals surface area (Å²) >= 11 is 0. The highest BCUT2D eigenvalue weighted by atomic mass is 14.7. The number of hydrogen-bond donors (Lipinski definition) is 1. The van der Waals surface area contributed by atoms with Crippen molar-refractivity contribution in [3.63, 3.8) is 0 Å². The summed E-state index contributed by atoms with van der Waals surface area (Å²) in [7, 11) is 0. The summed E-state index contributed by atoms with van der Waals surface area (Å²) in [5.41, 5.74) is 6.17. The summed E-state index contributed by atoms with van der Waals surface area (Å²) < 4.78 is 0. The SMILES string of the molecule is Cc1ccc2[nH]c3c(c2c1)CCC(C(C)(C)C)C3. The van der Waals surface area contributed by atoms with E-state index in [2.05, 4.69) is 50.9 Å². The van der Waals surface area contributed by atoms with E-state index in [9.17, 15) is 0 Å². The number of rotatable bonds is 0. The standard InChI is InChI=1S/C17H23N/c1-11-5-8-15-14(9-11)13-7-6-12(17(2,3)4)10-16(13)18-15/h5,8-9,12,18H,6-7,10H2,1-4H3. The van der Waals surface area contributed by atoms with Gasteiger partial charge in [0.25, 0.3) is 0 Å². The van der Waals surface area contributed by atoms with Crippen LogP contribution >= 0.6 is 0 Å². The van der Waals surface area contributed by atoms with Crippen molar-refractivity contribution < 1.29 is 0 Å². The van der Waals surface area contributed by atoms with Gasteiger partial charge in [-0.1, -0.05) is 32.4 Å². The number of fused-ring (bicyclic) bond motifs is 3. The van der Waals surface area contributed by atoms with Crippen LogP contribution in [0.2, 0.25) is 0 Å². The van der Waals surface area contributed by atoms with Gasteiger partial charge in [-0.05, 0) is 55.2 Å². The molecular formula is C17H23N. The molecule has 18 heavy (non-hydrogen) atoms. The number of hydrogen-bond acceptors (Lipinski definition) is 0. The molecule has 1 heteroatoms. The summed E-state index contributed by atoms with van der Waals surface area (Å²) in [6.45, 7) is 9.29. The van der Waals surface area contributed by atoms with E-state index in [0.717, 1.165) is 5.92 Å². The van der Waals surface area contributed by atoms with Gasteiger partial charge in [-0.3, -0.25) is 0 Å². The zero-order chi connectivity index (χ0) is 12.9. The molecule has 1 unspecified atom stereocenters. The number of benzene rings is 1. The first-order chi connectivity index (χ1) is 8.45. The number of aryl methyl sites for hydroxylation is 2. The molecule has 1 aromatic carbocycles. The predicted octanol–water partition coefficient (Wildman–Crippen LogP) is 4.63. The van der Waals surface area contributed by atoms with E-state index in [4.69, 9.17) is 0 Å². The lowest BCUT2D eigenvalue weighted by molar-refractivity contribution is 0.215. The van der Waals surface area contributed by atoms with Crippen molar-refractivity contribution in [1.29, 1.82) is 0 Å². The Morgan fingerprint density at radius 3 is 2.72 bits per heavy atom. The molecule has 0 bridgehead atoms. The van der Waals surface area contributed by atoms with Gasteiger partial charge in [-0.2, -0.15) is 0 Å². The summed E-state index contributed by atoms with van der Waals surface area (Å²) in [6, 6.07) is 6.77. The summed E-state index contributed by atoms with van der Waals surface area (Å²) in [5.74, 6) is 0.805. The molecule has 2 aromatic rings. The van der Waals surface area contributed by atoms with Crippen molar-refractivity contribution in [3.8, 4) is 0 Å². The average Bonchev–Trinajstić information content (AvgIpc) is 2.65. The highest BCUT2D eigenvalue weighted by Gasteiger charge is 2.30. The topological polar surface area (TPSA) is 15.8 Å². The minimum atomic E-state index is 0.422. The van der Waals surface area contributed by atoms with Crippen LogP contribution in [0.15, 0.2) is 18.2 Å². The van der Waals surface area contributed by atoms with Gasteiger partial charge in [-0.15, -0.1) is 0 Å². The lowest BCUT2D eigenvalue weighted by Crippen LogP contribution is -2.26. The maximum atomic E-state index is 3.65.